The van der Waals surface area contributed by atoms with Crippen molar-refractivity contribution < 1.29 is 64.3 Å². The molecule has 0 aliphatic heterocycles. The fraction of sp³-hybridized carbons (Fsp3) is 0.714. The minimum Gasteiger partial charge on any atom is -0.445 e. The average Bonchev–Trinajstić information content (AvgIpc) is 1.56. The van der Waals surface area contributed by atoms with E-state index in [2.05, 4.69) is 0 Å². The summed E-state index contributed by atoms with van der Waals surface area (Å²) in [5, 5.41) is 0. The molecule has 0 atom stereocenters. The summed E-state index contributed by atoms with van der Waals surface area (Å²) in [4.78, 5) is 0. The van der Waals surface area contributed by atoms with Crippen molar-refractivity contribution in [3.63, 3.8) is 0 Å². The zero-order chi connectivity index (χ0) is 9.28. The predicted octanol–water partition coefficient (Wildman–Crippen LogP) is 0.369. The van der Waals surface area contributed by atoms with Crippen LogP contribution in [0, 0.1) is 5.41 Å². The summed E-state index contributed by atoms with van der Waals surface area (Å²) in [6.07, 6.45) is 1.26. The van der Waals surface area contributed by atoms with Gasteiger partial charge in [0.25, 0.3) is 0 Å². The minimum absolute atomic E-state index is 0. The summed E-state index contributed by atoms with van der Waals surface area (Å²) < 4.78 is 35.9. The third-order valence-corrected chi connectivity index (χ3v) is 1.18. The van der Waals surface area contributed by atoms with Gasteiger partial charge in [0.1, 0.15) is 0 Å². The van der Waals surface area contributed by atoms with Gasteiger partial charge >= 0.3 is 58.4 Å². The number of hydrogen-bond donors (Lipinski definition) is 0. The first-order valence-corrected chi connectivity index (χ1v) is 3.52. The van der Waals surface area contributed by atoms with Crippen LogP contribution in [0.5, 0.6) is 0 Å². The van der Waals surface area contributed by atoms with Crippen molar-refractivity contribution >= 4 is 6.98 Å². The van der Waals surface area contributed by atoms with Crippen LogP contribution in [0.3, 0.4) is 0 Å². The number of rotatable bonds is 1. The molecule has 0 aromatic rings. The molecule has 0 unspecified atom stereocenters. The number of halogens is 3. The molecule has 0 heterocycles. The summed E-state index contributed by atoms with van der Waals surface area (Å²) in [6.45, 7) is 1.59. The quantitative estimate of drug-likeness (QED) is 0.541. The Hall–Kier alpha value is 1.23. The summed E-state index contributed by atoms with van der Waals surface area (Å²) >= 11 is 0. The molecule has 0 amide bonds. The third kappa shape index (κ3) is 7.86. The summed E-state index contributed by atoms with van der Waals surface area (Å²) in [5.74, 6) is 0. The fourth-order valence-electron chi connectivity index (χ4n) is 0.778. The molecule has 0 nitrogen and oxygen atoms in total. The maximum atomic E-state index is 12.0. The van der Waals surface area contributed by atoms with Crippen LogP contribution in [0.4, 0.5) is 12.9 Å². The molecule has 66 valence electrons. The Morgan fingerprint density at radius 1 is 1.17 bits per heavy atom. The first-order chi connectivity index (χ1) is 4.63. The van der Waals surface area contributed by atoms with E-state index in [1.807, 2.05) is 0 Å². The van der Waals surface area contributed by atoms with Gasteiger partial charge in [0.05, 0.1) is 0 Å². The molecule has 0 aromatic carbocycles. The van der Waals surface area contributed by atoms with Crippen molar-refractivity contribution in [1.82, 2.24) is 0 Å². The van der Waals surface area contributed by atoms with Crippen molar-refractivity contribution in [2.75, 3.05) is 0 Å². The molecule has 12 heavy (non-hydrogen) atoms. The van der Waals surface area contributed by atoms with Gasteiger partial charge in [0.2, 0.25) is 0 Å². The van der Waals surface area contributed by atoms with Crippen molar-refractivity contribution in [3.05, 3.63) is 11.5 Å². The summed E-state index contributed by atoms with van der Waals surface area (Å²) in [6, 6.07) is 0. The van der Waals surface area contributed by atoms with Crippen LogP contribution >= 0.6 is 0 Å². The van der Waals surface area contributed by atoms with E-state index in [9.17, 15) is 12.9 Å². The first kappa shape index (κ1) is 15.7. The van der Waals surface area contributed by atoms with Gasteiger partial charge in [0, 0.05) is 0 Å². The topological polar surface area (TPSA) is 0 Å². The standard InChI is InChI=1S/C7H13BF3.K/c1-6(8(9,10)11)5-7(2,3)4;/h5H,1-4H3;/q-1;+1. The molecule has 0 saturated heterocycles. The molecule has 0 aromatic heterocycles. The van der Waals surface area contributed by atoms with Gasteiger partial charge in [-0.1, -0.05) is 27.7 Å². The zero-order valence-corrected chi connectivity index (χ0v) is 11.4. The Morgan fingerprint density at radius 3 is 1.58 bits per heavy atom. The monoisotopic (exact) mass is 204 g/mol. The molecule has 0 aliphatic carbocycles. The van der Waals surface area contributed by atoms with Crippen LogP contribution < -0.4 is 51.4 Å². The summed E-state index contributed by atoms with van der Waals surface area (Å²) in [7, 11) is 0. The molecule has 0 radical (unpaired) electrons. The van der Waals surface area contributed by atoms with Gasteiger partial charge in [-0.05, 0) is 5.41 Å². The Morgan fingerprint density at radius 2 is 1.50 bits per heavy atom. The van der Waals surface area contributed by atoms with E-state index in [1.54, 1.807) is 20.8 Å². The second-order valence-electron chi connectivity index (χ2n) is 3.83. The largest absolute Gasteiger partial charge is 1.00 e. The van der Waals surface area contributed by atoms with Crippen LogP contribution in [0.15, 0.2) is 11.5 Å². The van der Waals surface area contributed by atoms with Gasteiger partial charge in [-0.2, -0.15) is 0 Å². The Kier molecular flexibility index (Phi) is 6.80. The van der Waals surface area contributed by atoms with Gasteiger partial charge in [-0.3, -0.25) is 0 Å². The van der Waals surface area contributed by atoms with Crippen LogP contribution in [0.1, 0.15) is 27.7 Å². The molecule has 0 aliphatic rings. The van der Waals surface area contributed by atoms with Crippen molar-refractivity contribution in [2.24, 2.45) is 5.41 Å². The van der Waals surface area contributed by atoms with Crippen LogP contribution in [-0.2, 0) is 0 Å². The van der Waals surface area contributed by atoms with Gasteiger partial charge in [0.15, 0.2) is 0 Å². The molecule has 0 rings (SSSR count). The molecule has 0 bridgehead atoms. The number of allylic oxidation sites excluding steroid dienone is 2. The van der Waals surface area contributed by atoms with E-state index < -0.39 is 12.4 Å². The smallest absolute Gasteiger partial charge is 0.445 e. The number of hydrogen-bond acceptors (Lipinski definition) is 0. The average molecular weight is 204 g/mol. The first-order valence-electron chi connectivity index (χ1n) is 3.52. The van der Waals surface area contributed by atoms with E-state index in [0.717, 1.165) is 6.92 Å². The van der Waals surface area contributed by atoms with E-state index >= 15 is 0 Å². The van der Waals surface area contributed by atoms with Crippen molar-refractivity contribution in [3.8, 4) is 0 Å². The van der Waals surface area contributed by atoms with Crippen molar-refractivity contribution in [2.45, 2.75) is 27.7 Å². The molecule has 0 saturated carbocycles. The maximum absolute atomic E-state index is 12.0. The fourth-order valence-corrected chi connectivity index (χ4v) is 0.778. The second-order valence-corrected chi connectivity index (χ2v) is 3.83. The van der Waals surface area contributed by atoms with E-state index in [1.165, 1.54) is 6.08 Å². The third-order valence-electron chi connectivity index (χ3n) is 1.18. The van der Waals surface area contributed by atoms with E-state index in [4.69, 9.17) is 0 Å². The van der Waals surface area contributed by atoms with E-state index in [0.29, 0.717) is 0 Å². The SMILES string of the molecule is CC(=CC(C)(C)C)[B-](F)(F)F.[K+]. The van der Waals surface area contributed by atoms with Gasteiger partial charge in [-0.15, -0.1) is 11.5 Å². The zero-order valence-electron chi connectivity index (χ0n) is 8.29. The molecule has 0 spiro atoms. The Balaban J connectivity index is 0. The summed E-state index contributed by atoms with van der Waals surface area (Å²) in [5.41, 5.74) is -0.848. The normalized spacial score (nSPS) is 14.1. The Labute approximate surface area is 114 Å². The van der Waals surface area contributed by atoms with Gasteiger partial charge < -0.3 is 12.9 Å². The maximum Gasteiger partial charge on any atom is 1.00 e. The van der Waals surface area contributed by atoms with Crippen LogP contribution in [0.25, 0.3) is 0 Å². The minimum atomic E-state index is -4.77. The molecule has 0 fully saturated rings. The molecular weight excluding hydrogens is 191 g/mol. The Bertz CT molecular complexity index is 166. The van der Waals surface area contributed by atoms with Crippen molar-refractivity contribution in [1.29, 1.82) is 0 Å². The predicted molar refractivity (Wildman–Crippen MR) is 42.3 cm³/mol. The molecule has 0 N–H and O–H groups in total. The van der Waals surface area contributed by atoms with Crippen LogP contribution in [0.2, 0.25) is 0 Å². The van der Waals surface area contributed by atoms with Gasteiger partial charge in [-0.25, -0.2) is 0 Å². The second kappa shape index (κ2) is 5.20. The van der Waals surface area contributed by atoms with Crippen LogP contribution in [-0.4, -0.2) is 6.98 Å². The molecular formula is C7H13BF3K. The molecule has 5 heteroatoms. The van der Waals surface area contributed by atoms with E-state index in [-0.39, 0.29) is 56.8 Å².